The van der Waals surface area contributed by atoms with Gasteiger partial charge in [0.1, 0.15) is 12.4 Å². The molecule has 2 aromatic heterocycles. The zero-order chi connectivity index (χ0) is 22.7. The van der Waals surface area contributed by atoms with Gasteiger partial charge in [0.15, 0.2) is 5.69 Å². The lowest BCUT2D eigenvalue weighted by atomic mass is 9.46. The van der Waals surface area contributed by atoms with Crippen molar-refractivity contribution >= 4 is 23.3 Å². The molecule has 2 aromatic rings. The first-order chi connectivity index (χ1) is 15.2. The normalized spacial score (nSPS) is 30.3. The number of nitrogens with zero attached hydrogens (tertiary/aromatic N) is 5. The molecule has 0 radical (unpaired) electrons. The monoisotopic (exact) mass is 442 g/mol. The van der Waals surface area contributed by atoms with Crippen LogP contribution in [0.3, 0.4) is 0 Å². The molecule has 0 aliphatic heterocycles. The van der Waals surface area contributed by atoms with Gasteiger partial charge in [0.2, 0.25) is 5.91 Å². The van der Waals surface area contributed by atoms with E-state index in [-0.39, 0.29) is 28.2 Å². The Hall–Kier alpha value is -3.24. The van der Waals surface area contributed by atoms with Crippen molar-refractivity contribution in [2.75, 3.05) is 12.4 Å². The zero-order valence-corrected chi connectivity index (χ0v) is 18.1. The van der Waals surface area contributed by atoms with Crippen LogP contribution in [-0.2, 0) is 22.1 Å². The number of aryl methyl sites for hydroxylation is 1. The van der Waals surface area contributed by atoms with Gasteiger partial charge in [-0.2, -0.15) is 10.2 Å². The predicted octanol–water partition coefficient (Wildman–Crippen LogP) is 2.64. The molecule has 6 rings (SSSR count). The second-order valence-electron chi connectivity index (χ2n) is 9.87. The Morgan fingerprint density at radius 3 is 2.62 bits per heavy atom. The molecule has 170 valence electrons. The molecule has 4 saturated carbocycles. The van der Waals surface area contributed by atoms with E-state index in [1.165, 1.54) is 18.0 Å². The fourth-order valence-corrected chi connectivity index (χ4v) is 6.91. The smallest absolute Gasteiger partial charge is 0.360 e. The van der Waals surface area contributed by atoms with Gasteiger partial charge in [0.25, 0.3) is 0 Å². The minimum atomic E-state index is -0.602. The number of methoxy groups -OCH3 is 1. The molecule has 0 spiro atoms. The summed E-state index contributed by atoms with van der Waals surface area (Å²) in [5, 5.41) is 22.5. The second-order valence-corrected chi connectivity index (χ2v) is 9.87. The molecule has 4 aliphatic carbocycles. The maximum atomic E-state index is 13.1. The predicted molar refractivity (Wildman–Crippen MR) is 112 cm³/mol. The topological polar surface area (TPSA) is 134 Å². The molecular formula is C21H26N6O5. The SMILES string of the molecule is COC(=O)c1nn(C)cc1NC(=O)CC12CC3CC(C1)CC(n1cc([N+](=O)[O-])cn1)(C3)C2. The first-order valence-electron chi connectivity index (χ1n) is 10.8. The lowest BCUT2D eigenvalue weighted by Crippen LogP contribution is -2.57. The van der Waals surface area contributed by atoms with Crippen molar-refractivity contribution < 1.29 is 19.2 Å². The van der Waals surface area contributed by atoms with Gasteiger partial charge in [-0.15, -0.1) is 0 Å². The Kier molecular flexibility index (Phi) is 4.61. The van der Waals surface area contributed by atoms with E-state index in [9.17, 15) is 19.7 Å². The van der Waals surface area contributed by atoms with Crippen LogP contribution in [0.4, 0.5) is 11.4 Å². The molecule has 4 fully saturated rings. The quantitative estimate of drug-likeness (QED) is 0.413. The van der Waals surface area contributed by atoms with Crippen molar-refractivity contribution in [1.82, 2.24) is 19.6 Å². The van der Waals surface area contributed by atoms with Gasteiger partial charge in [-0.1, -0.05) is 0 Å². The Bertz CT molecular complexity index is 1090. The first-order valence-corrected chi connectivity index (χ1v) is 10.8. The number of aromatic nitrogens is 4. The number of ether oxygens (including phenoxy) is 1. The largest absolute Gasteiger partial charge is 0.464 e. The van der Waals surface area contributed by atoms with Crippen LogP contribution >= 0.6 is 0 Å². The highest BCUT2D eigenvalue weighted by Gasteiger charge is 2.59. The fraction of sp³-hybridized carbons (Fsp3) is 0.619. The third kappa shape index (κ3) is 3.35. The number of carbonyl (C=O) groups is 2. The van der Waals surface area contributed by atoms with Gasteiger partial charge in [-0.3, -0.25) is 24.3 Å². The van der Waals surface area contributed by atoms with Crippen LogP contribution < -0.4 is 5.32 Å². The maximum absolute atomic E-state index is 13.1. The van der Waals surface area contributed by atoms with Gasteiger partial charge >= 0.3 is 11.7 Å². The number of rotatable bonds is 6. The van der Waals surface area contributed by atoms with Crippen molar-refractivity contribution in [2.45, 2.75) is 50.5 Å². The lowest BCUT2D eigenvalue weighted by molar-refractivity contribution is -0.385. The van der Waals surface area contributed by atoms with Gasteiger partial charge in [0, 0.05) is 19.7 Å². The summed E-state index contributed by atoms with van der Waals surface area (Å²) >= 11 is 0. The Morgan fingerprint density at radius 2 is 2.00 bits per heavy atom. The number of nitro groups is 1. The standard InChI is InChI=1S/C21H26N6O5/c1-25-11-16(18(24-25)19(29)32-2)23-17(28)8-20-4-13-3-14(5-20)7-21(6-13,12-20)26-10-15(9-22-26)27(30)31/h9-11,13-14H,3-8,12H2,1-2H3,(H,23,28). The summed E-state index contributed by atoms with van der Waals surface area (Å²) in [4.78, 5) is 35.8. The lowest BCUT2D eigenvalue weighted by Gasteiger charge is -2.61. The van der Waals surface area contributed by atoms with E-state index in [2.05, 4.69) is 15.5 Å². The number of amides is 1. The van der Waals surface area contributed by atoms with Gasteiger partial charge in [-0.25, -0.2) is 4.79 Å². The van der Waals surface area contributed by atoms with E-state index in [0.717, 1.165) is 38.5 Å². The minimum Gasteiger partial charge on any atom is -0.464 e. The van der Waals surface area contributed by atoms with Crippen LogP contribution in [0.15, 0.2) is 18.6 Å². The Morgan fingerprint density at radius 1 is 1.28 bits per heavy atom. The van der Waals surface area contributed by atoms with Crippen LogP contribution in [-0.4, -0.2) is 43.5 Å². The second kappa shape index (κ2) is 7.14. The van der Waals surface area contributed by atoms with E-state index < -0.39 is 10.9 Å². The summed E-state index contributed by atoms with van der Waals surface area (Å²) in [5.41, 5.74) is -0.0350. The summed E-state index contributed by atoms with van der Waals surface area (Å²) in [7, 11) is 2.95. The van der Waals surface area contributed by atoms with E-state index in [4.69, 9.17) is 4.74 Å². The molecule has 0 saturated heterocycles. The summed E-state index contributed by atoms with van der Waals surface area (Å²) in [6.07, 6.45) is 10.5. The number of anilines is 1. The highest BCUT2D eigenvalue weighted by Crippen LogP contribution is 2.65. The summed E-state index contributed by atoms with van der Waals surface area (Å²) in [5.74, 6) is 0.203. The average molecular weight is 442 g/mol. The van der Waals surface area contributed by atoms with Crippen molar-refractivity contribution in [3.8, 4) is 0 Å². The summed E-state index contributed by atoms with van der Waals surface area (Å²) in [6, 6.07) is 0. The number of carbonyl (C=O) groups excluding carboxylic acids is 2. The third-order valence-electron chi connectivity index (χ3n) is 7.43. The molecular weight excluding hydrogens is 416 g/mol. The van der Waals surface area contributed by atoms with Crippen LogP contribution in [0, 0.1) is 27.4 Å². The Balaban J connectivity index is 1.38. The number of nitrogens with one attached hydrogen (secondary N) is 1. The molecule has 4 aliphatic rings. The van der Waals surface area contributed by atoms with Gasteiger partial charge in [-0.05, 0) is 55.8 Å². The van der Waals surface area contributed by atoms with Crippen LogP contribution in [0.1, 0.15) is 55.4 Å². The Labute approximate surface area is 184 Å². The number of esters is 1. The fourth-order valence-electron chi connectivity index (χ4n) is 6.91. The molecule has 11 nitrogen and oxygen atoms in total. The average Bonchev–Trinajstić information content (AvgIpc) is 3.33. The molecule has 32 heavy (non-hydrogen) atoms. The van der Waals surface area contributed by atoms with Crippen LogP contribution in [0.2, 0.25) is 0 Å². The maximum Gasteiger partial charge on any atom is 0.360 e. The summed E-state index contributed by atoms with van der Waals surface area (Å²) in [6.45, 7) is 0. The molecule has 2 unspecified atom stereocenters. The van der Waals surface area contributed by atoms with Crippen molar-refractivity contribution in [1.29, 1.82) is 0 Å². The molecule has 2 heterocycles. The molecule has 11 heteroatoms. The molecule has 4 bridgehead atoms. The van der Waals surface area contributed by atoms with E-state index in [1.807, 2.05) is 0 Å². The zero-order valence-electron chi connectivity index (χ0n) is 18.1. The number of hydrogen-bond acceptors (Lipinski definition) is 7. The molecule has 1 N–H and O–H groups in total. The first kappa shape index (κ1) is 20.7. The van der Waals surface area contributed by atoms with E-state index in [1.54, 1.807) is 24.1 Å². The third-order valence-corrected chi connectivity index (χ3v) is 7.43. The van der Waals surface area contributed by atoms with Crippen LogP contribution in [0.5, 0.6) is 0 Å². The van der Waals surface area contributed by atoms with Crippen molar-refractivity contribution in [3.05, 3.63) is 34.4 Å². The highest BCUT2D eigenvalue weighted by molar-refractivity contribution is 5.99. The van der Waals surface area contributed by atoms with Gasteiger partial charge < -0.3 is 10.1 Å². The van der Waals surface area contributed by atoms with Crippen molar-refractivity contribution in [3.63, 3.8) is 0 Å². The molecule has 1 amide bonds. The van der Waals surface area contributed by atoms with Gasteiger partial charge in [0.05, 0.1) is 23.3 Å². The minimum absolute atomic E-state index is 0.000504. The van der Waals surface area contributed by atoms with Crippen molar-refractivity contribution in [2.24, 2.45) is 24.3 Å². The molecule has 0 aromatic carbocycles. The van der Waals surface area contributed by atoms with E-state index in [0.29, 0.717) is 23.9 Å². The molecule has 2 atom stereocenters. The number of hydrogen-bond donors (Lipinski definition) is 1. The highest BCUT2D eigenvalue weighted by atomic mass is 16.6. The van der Waals surface area contributed by atoms with E-state index >= 15 is 0 Å². The van der Waals surface area contributed by atoms with Crippen LogP contribution in [0.25, 0.3) is 0 Å². The summed E-state index contributed by atoms with van der Waals surface area (Å²) < 4.78 is 8.03.